The third kappa shape index (κ3) is 2.08. The number of carbonyl (C=O) groups is 1. The van der Waals surface area contributed by atoms with Crippen LogP contribution < -0.4 is 4.90 Å². The number of likely N-dealkylation sites (N-methyl/N-ethyl adjacent to an activating group) is 1. The van der Waals surface area contributed by atoms with Crippen molar-refractivity contribution in [2.75, 3.05) is 31.6 Å². The number of hydrogen-bond donors (Lipinski definition) is 0. The van der Waals surface area contributed by atoms with Gasteiger partial charge in [-0.05, 0) is 25.0 Å². The van der Waals surface area contributed by atoms with Gasteiger partial charge < -0.3 is 14.5 Å². The van der Waals surface area contributed by atoms with Crippen molar-refractivity contribution in [3.63, 3.8) is 0 Å². The lowest BCUT2D eigenvalue weighted by molar-refractivity contribution is 0.0448. The second kappa shape index (κ2) is 4.87. The van der Waals surface area contributed by atoms with E-state index >= 15 is 0 Å². The van der Waals surface area contributed by atoms with Crippen molar-refractivity contribution in [1.82, 2.24) is 9.88 Å². The van der Waals surface area contributed by atoms with E-state index in [1.165, 1.54) is 5.69 Å². The van der Waals surface area contributed by atoms with Crippen molar-refractivity contribution in [2.45, 2.75) is 18.4 Å². The molecule has 5 heteroatoms. The molecule has 1 aromatic heterocycles. The molecule has 0 aliphatic carbocycles. The molecule has 22 heavy (non-hydrogen) atoms. The van der Waals surface area contributed by atoms with E-state index in [1.807, 2.05) is 24.4 Å². The number of aromatic nitrogens is 1. The van der Waals surface area contributed by atoms with Crippen LogP contribution in [0, 0.1) is 0 Å². The van der Waals surface area contributed by atoms with E-state index in [0.29, 0.717) is 6.54 Å². The number of carbonyl (C=O) groups excluding carboxylic acids is 1. The number of hydrogen-bond acceptors (Lipinski definition) is 4. The highest BCUT2D eigenvalue weighted by atomic mass is 16.6. The van der Waals surface area contributed by atoms with E-state index in [0.717, 1.165) is 36.8 Å². The molecule has 2 aromatic rings. The molecule has 2 fully saturated rings. The maximum atomic E-state index is 11.8. The Kier molecular flexibility index (Phi) is 2.96. The van der Waals surface area contributed by atoms with Gasteiger partial charge in [-0.25, -0.2) is 4.79 Å². The fraction of sp³-hybridized carbons (Fsp3) is 0.412. The molecule has 0 saturated carbocycles. The first-order valence-electron chi connectivity index (χ1n) is 7.70. The highest BCUT2D eigenvalue weighted by Gasteiger charge is 2.46. The second-order valence-electron chi connectivity index (χ2n) is 6.28. The third-order valence-corrected chi connectivity index (χ3v) is 4.65. The van der Waals surface area contributed by atoms with Gasteiger partial charge in [0.25, 0.3) is 0 Å². The summed E-state index contributed by atoms with van der Waals surface area (Å²) in [4.78, 5) is 20.2. The molecule has 2 aliphatic rings. The Morgan fingerprint density at radius 1 is 1.23 bits per heavy atom. The first kappa shape index (κ1) is 13.4. The van der Waals surface area contributed by atoms with Gasteiger partial charge in [-0.3, -0.25) is 4.98 Å². The summed E-state index contributed by atoms with van der Waals surface area (Å²) >= 11 is 0. The second-order valence-corrected chi connectivity index (χ2v) is 6.28. The van der Waals surface area contributed by atoms with Crippen molar-refractivity contribution in [3.05, 3.63) is 36.5 Å². The Balaban J connectivity index is 1.69. The maximum absolute atomic E-state index is 11.8. The molecule has 4 rings (SSSR count). The Morgan fingerprint density at radius 3 is 2.91 bits per heavy atom. The highest BCUT2D eigenvalue weighted by molar-refractivity contribution is 5.91. The smallest absolute Gasteiger partial charge is 0.410 e. The van der Waals surface area contributed by atoms with Crippen LogP contribution in [-0.2, 0) is 4.74 Å². The minimum absolute atomic E-state index is 0.207. The van der Waals surface area contributed by atoms with Gasteiger partial charge in [-0.1, -0.05) is 18.2 Å². The van der Waals surface area contributed by atoms with E-state index in [4.69, 9.17) is 4.74 Å². The Labute approximate surface area is 129 Å². The zero-order chi connectivity index (χ0) is 15.2. The van der Waals surface area contributed by atoms with Crippen molar-refractivity contribution in [2.24, 2.45) is 0 Å². The van der Waals surface area contributed by atoms with Crippen LogP contribution in [0.4, 0.5) is 10.5 Å². The van der Waals surface area contributed by atoms with Crippen LogP contribution in [0.2, 0.25) is 0 Å². The molecule has 114 valence electrons. The van der Waals surface area contributed by atoms with Crippen molar-refractivity contribution < 1.29 is 9.53 Å². The van der Waals surface area contributed by atoms with E-state index < -0.39 is 0 Å². The number of para-hydroxylation sites is 1. The predicted octanol–water partition coefficient (Wildman–Crippen LogP) is 2.66. The molecule has 2 saturated heterocycles. The molecule has 0 radical (unpaired) electrons. The molecule has 1 spiro atoms. The molecule has 0 N–H and O–H groups in total. The summed E-state index contributed by atoms with van der Waals surface area (Å²) in [6.07, 6.45) is 3.60. The number of fused-ring (bicyclic) bond motifs is 1. The largest absolute Gasteiger partial charge is 0.439 e. The summed E-state index contributed by atoms with van der Waals surface area (Å²) in [5.74, 6) is 0. The zero-order valence-corrected chi connectivity index (χ0v) is 12.7. The SMILES string of the molecule is CN1CC2(CCCN(c3ccnc4ccccc34)C2)OC1=O. The molecule has 2 aliphatic heterocycles. The van der Waals surface area contributed by atoms with Crippen molar-refractivity contribution >= 4 is 22.7 Å². The standard InChI is InChI=1S/C17H19N3O2/c1-19-11-17(22-16(19)21)8-4-10-20(12-17)15-7-9-18-14-6-3-2-5-13(14)15/h2-3,5-7,9H,4,8,10-12H2,1H3. The number of piperidine rings is 1. The topological polar surface area (TPSA) is 45.7 Å². The molecule has 1 aromatic carbocycles. The molecule has 0 bridgehead atoms. The van der Waals surface area contributed by atoms with Gasteiger partial charge in [0.15, 0.2) is 0 Å². The zero-order valence-electron chi connectivity index (χ0n) is 12.7. The van der Waals surface area contributed by atoms with Crippen LogP contribution in [0.3, 0.4) is 0 Å². The van der Waals surface area contributed by atoms with Crippen LogP contribution in [0.1, 0.15) is 12.8 Å². The lowest BCUT2D eigenvalue weighted by atomic mass is 9.92. The summed E-state index contributed by atoms with van der Waals surface area (Å²) in [6.45, 7) is 2.40. The Hall–Kier alpha value is -2.30. The summed E-state index contributed by atoms with van der Waals surface area (Å²) in [6, 6.07) is 10.2. The number of rotatable bonds is 1. The fourth-order valence-electron chi connectivity index (χ4n) is 3.66. The fourth-order valence-corrected chi connectivity index (χ4v) is 3.66. The quantitative estimate of drug-likeness (QED) is 0.812. The molecule has 5 nitrogen and oxygen atoms in total. The van der Waals surface area contributed by atoms with E-state index in [-0.39, 0.29) is 11.7 Å². The minimum Gasteiger partial charge on any atom is -0.439 e. The van der Waals surface area contributed by atoms with E-state index in [2.05, 4.69) is 22.0 Å². The summed E-state index contributed by atoms with van der Waals surface area (Å²) in [5, 5.41) is 1.15. The van der Waals surface area contributed by atoms with E-state index in [1.54, 1.807) is 11.9 Å². The maximum Gasteiger partial charge on any atom is 0.410 e. The molecule has 1 unspecified atom stereocenters. The summed E-state index contributed by atoms with van der Waals surface area (Å²) in [5.41, 5.74) is 1.81. The number of anilines is 1. The van der Waals surface area contributed by atoms with Crippen LogP contribution in [0.15, 0.2) is 36.5 Å². The number of ether oxygens (including phenoxy) is 1. The van der Waals surface area contributed by atoms with Gasteiger partial charge in [0.1, 0.15) is 5.60 Å². The number of nitrogens with zero attached hydrogens (tertiary/aromatic N) is 3. The first-order chi connectivity index (χ1) is 10.7. The number of amides is 1. The van der Waals surface area contributed by atoms with Gasteiger partial charge in [-0.15, -0.1) is 0 Å². The van der Waals surface area contributed by atoms with Crippen LogP contribution >= 0.6 is 0 Å². The average Bonchev–Trinajstić information content (AvgIpc) is 2.80. The van der Waals surface area contributed by atoms with Crippen LogP contribution in [0.25, 0.3) is 10.9 Å². The normalized spacial score (nSPS) is 25.0. The molecule has 3 heterocycles. The van der Waals surface area contributed by atoms with Gasteiger partial charge in [-0.2, -0.15) is 0 Å². The van der Waals surface area contributed by atoms with Crippen LogP contribution in [0.5, 0.6) is 0 Å². The Bertz CT molecular complexity index is 727. The number of pyridine rings is 1. The lowest BCUT2D eigenvalue weighted by Crippen LogP contribution is -2.50. The van der Waals surface area contributed by atoms with Crippen LogP contribution in [-0.4, -0.2) is 48.3 Å². The van der Waals surface area contributed by atoms with Crippen molar-refractivity contribution in [1.29, 1.82) is 0 Å². The van der Waals surface area contributed by atoms with Gasteiger partial charge in [0.2, 0.25) is 0 Å². The van der Waals surface area contributed by atoms with E-state index in [9.17, 15) is 4.79 Å². The van der Waals surface area contributed by atoms with Gasteiger partial charge in [0.05, 0.1) is 18.6 Å². The first-order valence-corrected chi connectivity index (χ1v) is 7.70. The summed E-state index contributed by atoms with van der Waals surface area (Å²) in [7, 11) is 1.80. The predicted molar refractivity (Wildman–Crippen MR) is 85.0 cm³/mol. The van der Waals surface area contributed by atoms with Gasteiger partial charge in [0, 0.05) is 30.9 Å². The summed E-state index contributed by atoms with van der Waals surface area (Å²) < 4.78 is 5.70. The van der Waals surface area contributed by atoms with Gasteiger partial charge >= 0.3 is 6.09 Å². The lowest BCUT2D eigenvalue weighted by Gasteiger charge is -2.40. The third-order valence-electron chi connectivity index (χ3n) is 4.65. The van der Waals surface area contributed by atoms with Crippen molar-refractivity contribution in [3.8, 4) is 0 Å². The molecular weight excluding hydrogens is 278 g/mol. The minimum atomic E-state index is -0.367. The number of benzene rings is 1. The highest BCUT2D eigenvalue weighted by Crippen LogP contribution is 2.35. The average molecular weight is 297 g/mol. The molecule has 1 amide bonds. The monoisotopic (exact) mass is 297 g/mol. The molecule has 1 atom stereocenters. The molecular formula is C17H19N3O2. The Morgan fingerprint density at radius 2 is 2.09 bits per heavy atom.